The molecule has 0 bridgehead atoms. The number of aliphatic carboxylic acids is 1. The summed E-state index contributed by atoms with van der Waals surface area (Å²) in [6.07, 6.45) is 3.87. The monoisotopic (exact) mass is 362 g/mol. The lowest BCUT2D eigenvalue weighted by Crippen LogP contribution is -2.48. The van der Waals surface area contributed by atoms with E-state index in [9.17, 15) is 14.7 Å². The molecule has 142 valence electrons. The molecule has 0 amide bonds. The predicted molar refractivity (Wildman–Crippen MR) is 95.2 cm³/mol. The number of likely N-dealkylation sites (N-methyl/N-ethyl adjacent to an activating group) is 1. The number of quaternary nitrogens is 1. The van der Waals surface area contributed by atoms with Gasteiger partial charge < -0.3 is 19.4 Å². The van der Waals surface area contributed by atoms with E-state index in [0.717, 1.165) is 25.7 Å². The van der Waals surface area contributed by atoms with Crippen LogP contribution in [0.3, 0.4) is 0 Å². The lowest BCUT2D eigenvalue weighted by Gasteiger charge is -2.33. The molecule has 1 saturated carbocycles. The molecule has 1 aromatic carbocycles. The second kappa shape index (κ2) is 7.37. The first kappa shape index (κ1) is 18.9. The van der Waals surface area contributed by atoms with Crippen molar-refractivity contribution in [1.29, 1.82) is 0 Å². The average Bonchev–Trinajstić information content (AvgIpc) is 3.25. The van der Waals surface area contributed by atoms with Crippen LogP contribution in [0.15, 0.2) is 30.3 Å². The number of benzene rings is 1. The van der Waals surface area contributed by atoms with Crippen molar-refractivity contribution >= 4 is 11.9 Å². The number of esters is 1. The summed E-state index contributed by atoms with van der Waals surface area (Å²) in [5.41, 5.74) is -1.05. The number of aliphatic hydroxyl groups is 1. The molecule has 1 aromatic rings. The minimum Gasteiger partial charge on any atom is -0.477 e. The van der Waals surface area contributed by atoms with Crippen molar-refractivity contribution in [2.24, 2.45) is 5.92 Å². The Morgan fingerprint density at radius 2 is 1.85 bits per heavy atom. The molecule has 2 aliphatic rings. The smallest absolute Gasteiger partial charge is 0.359 e. The summed E-state index contributed by atoms with van der Waals surface area (Å²) in [7, 11) is 1.86. The highest BCUT2D eigenvalue weighted by Gasteiger charge is 2.49. The lowest BCUT2D eigenvalue weighted by atomic mass is 9.80. The zero-order chi connectivity index (χ0) is 18.8. The van der Waals surface area contributed by atoms with Crippen molar-refractivity contribution in [2.75, 3.05) is 26.7 Å². The number of likely N-dealkylation sites (tertiary alicyclic amines) is 1. The predicted octanol–water partition coefficient (Wildman–Crippen LogP) is 1.91. The maximum absolute atomic E-state index is 13.0. The van der Waals surface area contributed by atoms with Crippen LogP contribution in [-0.4, -0.2) is 59.4 Å². The number of carbonyl (C=O) groups is 2. The Morgan fingerprint density at radius 1 is 1.19 bits per heavy atom. The molecule has 0 unspecified atom stereocenters. The van der Waals surface area contributed by atoms with Crippen LogP contribution >= 0.6 is 0 Å². The van der Waals surface area contributed by atoms with Gasteiger partial charge in [-0.05, 0) is 18.4 Å². The summed E-state index contributed by atoms with van der Waals surface area (Å²) < 4.78 is 6.07. The van der Waals surface area contributed by atoms with Crippen LogP contribution in [0.25, 0.3) is 0 Å². The van der Waals surface area contributed by atoms with E-state index >= 15 is 0 Å². The van der Waals surface area contributed by atoms with Crippen molar-refractivity contribution in [3.63, 3.8) is 0 Å². The molecule has 3 rings (SSSR count). The highest BCUT2D eigenvalue weighted by molar-refractivity contribution is 5.81. The first-order valence-corrected chi connectivity index (χ1v) is 9.38. The van der Waals surface area contributed by atoms with Crippen LogP contribution in [0.1, 0.15) is 37.7 Å². The van der Waals surface area contributed by atoms with Crippen LogP contribution in [0, 0.1) is 5.92 Å². The van der Waals surface area contributed by atoms with Crippen LogP contribution in [-0.2, 0) is 19.9 Å². The minimum atomic E-state index is -1.63. The van der Waals surface area contributed by atoms with Crippen molar-refractivity contribution in [3.05, 3.63) is 35.9 Å². The van der Waals surface area contributed by atoms with Crippen LogP contribution < -0.4 is 0 Å². The van der Waals surface area contributed by atoms with E-state index in [1.165, 1.54) is 0 Å². The van der Waals surface area contributed by atoms with Gasteiger partial charge in [0.05, 0.1) is 13.6 Å². The molecule has 1 aliphatic heterocycles. The van der Waals surface area contributed by atoms with Gasteiger partial charge in [0.1, 0.15) is 6.54 Å². The quantitative estimate of drug-likeness (QED) is 0.597. The second-order valence-corrected chi connectivity index (χ2v) is 8.01. The molecule has 1 heterocycles. The van der Waals surface area contributed by atoms with Crippen LogP contribution in [0.2, 0.25) is 0 Å². The maximum Gasteiger partial charge on any atom is 0.359 e. The topological polar surface area (TPSA) is 83.8 Å². The van der Waals surface area contributed by atoms with Crippen molar-refractivity contribution in [2.45, 2.75) is 43.8 Å². The molecule has 26 heavy (non-hydrogen) atoms. The number of hydrogen-bond acceptors (Lipinski definition) is 4. The Hall–Kier alpha value is -1.92. The first-order chi connectivity index (χ1) is 12.3. The normalized spacial score (nSPS) is 28.6. The van der Waals surface area contributed by atoms with Gasteiger partial charge in [0, 0.05) is 12.3 Å². The molecule has 2 N–H and O–H groups in total. The van der Waals surface area contributed by atoms with E-state index in [2.05, 4.69) is 0 Å². The number of hydrogen-bond donors (Lipinski definition) is 2. The molecule has 0 radical (unpaired) electrons. The number of carbonyl (C=O) groups excluding carboxylic acids is 1. The summed E-state index contributed by atoms with van der Waals surface area (Å²) in [4.78, 5) is 24.1. The van der Waals surface area contributed by atoms with Crippen molar-refractivity contribution < 1.29 is 29.0 Å². The Kier molecular flexibility index (Phi) is 5.34. The van der Waals surface area contributed by atoms with Gasteiger partial charge >= 0.3 is 11.9 Å². The highest BCUT2D eigenvalue weighted by atomic mass is 16.6. The SMILES string of the molecule is C[N@+]1(CC(=O)O)CC[C@@H](OC(=O)[C@@](O)(c2ccccc2)C2CCCC2)C1. The Balaban J connectivity index is 1.76. The zero-order valence-corrected chi connectivity index (χ0v) is 15.3. The summed E-state index contributed by atoms with van der Waals surface area (Å²) >= 11 is 0. The number of nitrogens with zero attached hydrogens (tertiary/aromatic N) is 1. The molecule has 0 aromatic heterocycles. The van der Waals surface area contributed by atoms with Crippen LogP contribution in [0.5, 0.6) is 0 Å². The van der Waals surface area contributed by atoms with E-state index < -0.39 is 17.5 Å². The summed E-state index contributed by atoms with van der Waals surface area (Å²) in [5.74, 6) is -1.59. The van der Waals surface area contributed by atoms with E-state index in [4.69, 9.17) is 9.84 Å². The molecule has 1 saturated heterocycles. The molecule has 1 aliphatic carbocycles. The average molecular weight is 362 g/mol. The lowest BCUT2D eigenvalue weighted by molar-refractivity contribution is -0.891. The summed E-state index contributed by atoms with van der Waals surface area (Å²) in [6.45, 7) is 1.13. The van der Waals surface area contributed by atoms with E-state index in [1.807, 2.05) is 25.2 Å². The van der Waals surface area contributed by atoms with Gasteiger partial charge in [-0.1, -0.05) is 43.2 Å². The van der Waals surface area contributed by atoms with Gasteiger partial charge in [-0.2, -0.15) is 0 Å². The van der Waals surface area contributed by atoms with Gasteiger partial charge in [0.15, 0.2) is 18.2 Å². The number of carboxylic acids is 1. The number of carboxylic acid groups (broad SMARTS) is 1. The van der Waals surface area contributed by atoms with Gasteiger partial charge in [-0.3, -0.25) is 0 Å². The fourth-order valence-corrected chi connectivity index (χ4v) is 4.49. The number of rotatable bonds is 6. The molecule has 2 fully saturated rings. The van der Waals surface area contributed by atoms with Crippen molar-refractivity contribution in [1.82, 2.24) is 0 Å². The van der Waals surface area contributed by atoms with E-state index in [1.54, 1.807) is 12.1 Å². The van der Waals surface area contributed by atoms with Gasteiger partial charge in [0.2, 0.25) is 0 Å². The summed E-state index contributed by atoms with van der Waals surface area (Å²) in [6, 6.07) is 9.05. The van der Waals surface area contributed by atoms with Gasteiger partial charge in [-0.25, -0.2) is 9.59 Å². The molecule has 0 spiro atoms. The minimum absolute atomic E-state index is 0.0135. The third-order valence-corrected chi connectivity index (χ3v) is 5.90. The Labute approximate surface area is 154 Å². The second-order valence-electron chi connectivity index (χ2n) is 8.01. The third-order valence-electron chi connectivity index (χ3n) is 5.90. The standard InChI is InChI=1S/C20H27NO5/c1-21(14-18(22)23)12-11-17(13-21)26-19(24)20(25,16-9-5-6-10-16)15-7-3-2-4-8-15/h2-4,7-8,16-17,25H,5-6,9-14H2,1H3/p+1/t17-,20-,21+/m1/s1. The van der Waals surface area contributed by atoms with Gasteiger partial charge in [-0.15, -0.1) is 0 Å². The zero-order valence-electron chi connectivity index (χ0n) is 15.3. The first-order valence-electron chi connectivity index (χ1n) is 9.38. The fraction of sp³-hybridized carbons (Fsp3) is 0.600. The highest BCUT2D eigenvalue weighted by Crippen LogP contribution is 2.42. The van der Waals surface area contributed by atoms with Gasteiger partial charge in [0.25, 0.3) is 0 Å². The Bertz CT molecular complexity index is 657. The summed E-state index contributed by atoms with van der Waals surface area (Å²) in [5, 5.41) is 20.5. The van der Waals surface area contributed by atoms with Crippen LogP contribution in [0.4, 0.5) is 0 Å². The maximum atomic E-state index is 13.0. The largest absolute Gasteiger partial charge is 0.477 e. The van der Waals surface area contributed by atoms with E-state index in [0.29, 0.717) is 29.6 Å². The molecule has 3 atom stereocenters. The third kappa shape index (κ3) is 3.76. The fourth-order valence-electron chi connectivity index (χ4n) is 4.49. The van der Waals surface area contributed by atoms with E-state index in [-0.39, 0.29) is 18.6 Å². The molecular formula is C20H28NO5+. The molecule has 6 nitrogen and oxygen atoms in total. The van der Waals surface area contributed by atoms with Crippen molar-refractivity contribution in [3.8, 4) is 0 Å². The Morgan fingerprint density at radius 3 is 2.46 bits per heavy atom. The molecular weight excluding hydrogens is 334 g/mol. The molecule has 6 heteroatoms. The number of ether oxygens (including phenoxy) is 1.